The van der Waals surface area contributed by atoms with E-state index in [0.717, 1.165) is 31.5 Å². The maximum Gasteiger partial charge on any atom is 0.416 e. The summed E-state index contributed by atoms with van der Waals surface area (Å²) in [5.41, 5.74) is -0.734. The fraction of sp³-hybridized carbons (Fsp3) is 0.562. The van der Waals surface area contributed by atoms with E-state index >= 15 is 0 Å². The quantitative estimate of drug-likeness (QED) is 0.871. The van der Waals surface area contributed by atoms with E-state index in [0.29, 0.717) is 19.0 Å². The van der Waals surface area contributed by atoms with Crippen molar-refractivity contribution in [1.29, 1.82) is 0 Å². The molecule has 1 N–H and O–H groups in total. The molecular weight excluding hydrogens is 345 g/mol. The number of carbonyl (C=O) groups is 1. The predicted octanol–water partition coefficient (Wildman–Crippen LogP) is 2.96. The van der Waals surface area contributed by atoms with Crippen LogP contribution < -0.4 is 10.1 Å². The lowest BCUT2D eigenvalue weighted by Crippen LogP contribution is -2.42. The molecule has 136 valence electrons. The monoisotopic (exact) mass is 366 g/mol. The average molecular weight is 367 g/mol. The minimum absolute atomic E-state index is 0. The van der Waals surface area contributed by atoms with Gasteiger partial charge in [0.1, 0.15) is 5.75 Å². The standard InChI is InChI=1S/C16H21F3N2O2.ClH/c1-20-10-12-6-8-21(9-7-12)15(22)11-23-14-4-2-13(3-5-14)16(17,18)19;/h2-5,12,20H,6-11H2,1H3;1H. The van der Waals surface area contributed by atoms with Crippen LogP contribution in [0.3, 0.4) is 0 Å². The Kier molecular flexibility index (Phi) is 7.83. The minimum atomic E-state index is -4.37. The van der Waals surface area contributed by atoms with Gasteiger partial charge in [0.05, 0.1) is 5.56 Å². The van der Waals surface area contributed by atoms with E-state index in [4.69, 9.17) is 4.74 Å². The van der Waals surface area contributed by atoms with Crippen LogP contribution in [0.2, 0.25) is 0 Å². The fourth-order valence-electron chi connectivity index (χ4n) is 2.65. The van der Waals surface area contributed by atoms with Gasteiger partial charge in [0.2, 0.25) is 0 Å². The van der Waals surface area contributed by atoms with Gasteiger partial charge in [-0.1, -0.05) is 0 Å². The molecule has 1 aromatic carbocycles. The number of benzene rings is 1. The number of carbonyl (C=O) groups excluding carboxylic acids is 1. The van der Waals surface area contributed by atoms with Crippen molar-refractivity contribution in [2.45, 2.75) is 19.0 Å². The minimum Gasteiger partial charge on any atom is -0.484 e. The fourth-order valence-corrected chi connectivity index (χ4v) is 2.65. The third kappa shape index (κ3) is 5.87. The zero-order valence-electron chi connectivity index (χ0n) is 13.4. The van der Waals surface area contributed by atoms with Crippen LogP contribution >= 0.6 is 12.4 Å². The van der Waals surface area contributed by atoms with Crippen molar-refractivity contribution in [1.82, 2.24) is 10.2 Å². The molecule has 1 aliphatic rings. The highest BCUT2D eigenvalue weighted by atomic mass is 35.5. The summed E-state index contributed by atoms with van der Waals surface area (Å²) in [7, 11) is 1.91. The maximum absolute atomic E-state index is 12.5. The molecule has 4 nitrogen and oxygen atoms in total. The van der Waals surface area contributed by atoms with E-state index in [1.807, 2.05) is 7.05 Å². The number of hydrogen-bond donors (Lipinski definition) is 1. The molecule has 0 aliphatic carbocycles. The van der Waals surface area contributed by atoms with E-state index in [1.165, 1.54) is 12.1 Å². The first-order valence-corrected chi connectivity index (χ1v) is 7.62. The van der Waals surface area contributed by atoms with Crippen molar-refractivity contribution in [3.8, 4) is 5.75 Å². The van der Waals surface area contributed by atoms with Crippen LogP contribution in [-0.2, 0) is 11.0 Å². The molecule has 2 rings (SSSR count). The smallest absolute Gasteiger partial charge is 0.416 e. The Morgan fingerprint density at radius 1 is 1.25 bits per heavy atom. The topological polar surface area (TPSA) is 41.6 Å². The molecule has 1 fully saturated rings. The number of hydrogen-bond acceptors (Lipinski definition) is 3. The highest BCUT2D eigenvalue weighted by Gasteiger charge is 2.30. The second-order valence-corrected chi connectivity index (χ2v) is 5.69. The van der Waals surface area contributed by atoms with Crippen LogP contribution in [-0.4, -0.2) is 44.1 Å². The molecule has 0 radical (unpaired) electrons. The van der Waals surface area contributed by atoms with Gasteiger partial charge in [0.15, 0.2) is 6.61 Å². The van der Waals surface area contributed by atoms with E-state index in [1.54, 1.807) is 4.90 Å². The maximum atomic E-state index is 12.5. The van der Waals surface area contributed by atoms with Crippen molar-refractivity contribution >= 4 is 18.3 Å². The Balaban J connectivity index is 0.00000288. The highest BCUT2D eigenvalue weighted by molar-refractivity contribution is 5.85. The number of nitrogens with one attached hydrogen (secondary N) is 1. The molecule has 0 atom stereocenters. The zero-order valence-corrected chi connectivity index (χ0v) is 14.3. The molecule has 0 saturated carbocycles. The number of halogens is 4. The van der Waals surface area contributed by atoms with Crippen molar-refractivity contribution in [2.24, 2.45) is 5.92 Å². The Bertz CT molecular complexity index is 515. The van der Waals surface area contributed by atoms with Gasteiger partial charge in [0.25, 0.3) is 5.91 Å². The summed E-state index contributed by atoms with van der Waals surface area (Å²) in [6, 6.07) is 4.36. The molecule has 24 heavy (non-hydrogen) atoms. The molecule has 0 bridgehead atoms. The van der Waals surface area contributed by atoms with Gasteiger partial charge in [-0.2, -0.15) is 13.2 Å². The molecule has 1 heterocycles. The number of rotatable bonds is 5. The summed E-state index contributed by atoms with van der Waals surface area (Å²) in [6.07, 6.45) is -2.47. The largest absolute Gasteiger partial charge is 0.484 e. The molecule has 0 aromatic heterocycles. The summed E-state index contributed by atoms with van der Waals surface area (Å²) in [6.45, 7) is 2.19. The molecule has 0 unspecified atom stereocenters. The van der Waals surface area contributed by atoms with Crippen LogP contribution in [0.5, 0.6) is 5.75 Å². The Labute approximate surface area is 145 Å². The van der Waals surface area contributed by atoms with Crippen molar-refractivity contribution < 1.29 is 22.7 Å². The van der Waals surface area contributed by atoms with Crippen molar-refractivity contribution in [2.75, 3.05) is 33.3 Å². The van der Waals surface area contributed by atoms with Crippen LogP contribution in [0.15, 0.2) is 24.3 Å². The Morgan fingerprint density at radius 3 is 2.33 bits per heavy atom. The first-order valence-electron chi connectivity index (χ1n) is 7.62. The van der Waals surface area contributed by atoms with Gasteiger partial charge >= 0.3 is 6.18 Å². The first-order chi connectivity index (χ1) is 10.9. The zero-order chi connectivity index (χ0) is 16.9. The molecule has 1 aliphatic heterocycles. The number of likely N-dealkylation sites (tertiary alicyclic amines) is 1. The highest BCUT2D eigenvalue weighted by Crippen LogP contribution is 2.30. The lowest BCUT2D eigenvalue weighted by atomic mass is 9.97. The van der Waals surface area contributed by atoms with Crippen molar-refractivity contribution in [3.05, 3.63) is 29.8 Å². The van der Waals surface area contributed by atoms with E-state index in [9.17, 15) is 18.0 Å². The molecule has 1 saturated heterocycles. The van der Waals surface area contributed by atoms with E-state index in [2.05, 4.69) is 5.32 Å². The number of piperidine rings is 1. The number of ether oxygens (including phenoxy) is 1. The van der Waals surface area contributed by atoms with Crippen LogP contribution in [0, 0.1) is 5.92 Å². The summed E-state index contributed by atoms with van der Waals surface area (Å²) in [5, 5.41) is 3.14. The molecule has 8 heteroatoms. The second kappa shape index (κ2) is 9.13. The Morgan fingerprint density at radius 2 is 1.83 bits per heavy atom. The summed E-state index contributed by atoms with van der Waals surface area (Å²) < 4.78 is 42.7. The normalized spacial score (nSPS) is 15.8. The van der Waals surface area contributed by atoms with Gasteiger partial charge < -0.3 is 15.0 Å². The van der Waals surface area contributed by atoms with Crippen LogP contribution in [0.1, 0.15) is 18.4 Å². The van der Waals surface area contributed by atoms with Crippen molar-refractivity contribution in [3.63, 3.8) is 0 Å². The molecule has 0 spiro atoms. The lowest BCUT2D eigenvalue weighted by molar-refractivity contribution is -0.138. The third-order valence-electron chi connectivity index (χ3n) is 4.00. The lowest BCUT2D eigenvalue weighted by Gasteiger charge is -2.31. The van der Waals surface area contributed by atoms with E-state index in [-0.39, 0.29) is 30.7 Å². The number of nitrogens with zero attached hydrogens (tertiary/aromatic N) is 1. The average Bonchev–Trinajstić information content (AvgIpc) is 2.53. The van der Waals surface area contributed by atoms with E-state index < -0.39 is 11.7 Å². The van der Waals surface area contributed by atoms with Crippen LogP contribution in [0.25, 0.3) is 0 Å². The molecular formula is C16H22ClF3N2O2. The Hall–Kier alpha value is -1.47. The summed E-state index contributed by atoms with van der Waals surface area (Å²) >= 11 is 0. The SMILES string of the molecule is CNCC1CCN(C(=O)COc2ccc(C(F)(F)F)cc2)CC1.Cl. The van der Waals surface area contributed by atoms with Crippen LogP contribution in [0.4, 0.5) is 13.2 Å². The summed E-state index contributed by atoms with van der Waals surface area (Å²) in [4.78, 5) is 13.8. The third-order valence-corrected chi connectivity index (χ3v) is 4.00. The van der Waals surface area contributed by atoms with Gasteiger partial charge in [-0.3, -0.25) is 4.79 Å². The molecule has 1 aromatic rings. The summed E-state index contributed by atoms with van der Waals surface area (Å²) in [5.74, 6) is 0.712. The van der Waals surface area contributed by atoms with Gasteiger partial charge in [0, 0.05) is 13.1 Å². The second-order valence-electron chi connectivity index (χ2n) is 5.69. The first kappa shape index (κ1) is 20.6. The van der Waals surface area contributed by atoms with Gasteiger partial charge in [-0.25, -0.2) is 0 Å². The van der Waals surface area contributed by atoms with Gasteiger partial charge in [-0.05, 0) is 56.6 Å². The predicted molar refractivity (Wildman–Crippen MR) is 87.4 cm³/mol. The molecule has 1 amide bonds. The number of alkyl halides is 3. The van der Waals surface area contributed by atoms with Gasteiger partial charge in [-0.15, -0.1) is 12.4 Å². The number of amides is 1.